The van der Waals surface area contributed by atoms with E-state index >= 15 is 0 Å². The van der Waals surface area contributed by atoms with Crippen LogP contribution in [-0.4, -0.2) is 54.0 Å². The highest BCUT2D eigenvalue weighted by molar-refractivity contribution is 8.00. The van der Waals surface area contributed by atoms with Crippen molar-refractivity contribution >= 4 is 23.6 Å². The molecule has 4 nitrogen and oxygen atoms in total. The Morgan fingerprint density at radius 2 is 1.71 bits per heavy atom. The van der Waals surface area contributed by atoms with Crippen molar-refractivity contribution in [2.24, 2.45) is 11.8 Å². The van der Waals surface area contributed by atoms with Crippen LogP contribution >= 0.6 is 11.8 Å². The Bertz CT molecular complexity index is 552. The lowest BCUT2D eigenvalue weighted by Crippen LogP contribution is -2.46. The second-order valence-corrected chi connectivity index (χ2v) is 8.14. The van der Waals surface area contributed by atoms with Crippen molar-refractivity contribution in [2.45, 2.75) is 36.8 Å². The highest BCUT2D eigenvalue weighted by Gasteiger charge is 2.33. The fraction of sp³-hybridized carbons (Fsp3) is 0.579. The molecule has 1 aliphatic heterocycles. The van der Waals surface area contributed by atoms with Crippen LogP contribution in [0, 0.1) is 11.8 Å². The maximum absolute atomic E-state index is 13.0. The van der Waals surface area contributed by atoms with E-state index in [9.17, 15) is 9.59 Å². The Balaban J connectivity index is 1.97. The van der Waals surface area contributed by atoms with Gasteiger partial charge in [-0.2, -0.15) is 0 Å². The first kappa shape index (κ1) is 18.8. The molecule has 0 saturated carbocycles. The molecule has 1 saturated heterocycles. The number of thioether (sulfide) groups is 1. The number of likely N-dealkylation sites (tertiary alicyclic amines) is 1. The van der Waals surface area contributed by atoms with Gasteiger partial charge in [-0.05, 0) is 30.9 Å². The van der Waals surface area contributed by atoms with E-state index in [1.807, 2.05) is 23.1 Å². The van der Waals surface area contributed by atoms with Crippen LogP contribution in [0.2, 0.25) is 0 Å². The zero-order chi connectivity index (χ0) is 17.7. The molecule has 0 aliphatic carbocycles. The number of piperidine rings is 1. The molecule has 5 heteroatoms. The molecular weight excluding hydrogens is 320 g/mol. The molecule has 0 bridgehead atoms. The summed E-state index contributed by atoms with van der Waals surface area (Å²) in [4.78, 5) is 29.8. The molecule has 2 amide bonds. The van der Waals surface area contributed by atoms with Crippen LogP contribution in [-0.2, 0) is 9.59 Å². The predicted molar refractivity (Wildman–Crippen MR) is 98.9 cm³/mol. The lowest BCUT2D eigenvalue weighted by Gasteiger charge is -2.35. The third kappa shape index (κ3) is 4.76. The third-order valence-electron chi connectivity index (χ3n) is 4.45. The van der Waals surface area contributed by atoms with Crippen LogP contribution in [0.3, 0.4) is 0 Å². The minimum absolute atomic E-state index is 0.0586. The number of nitrogens with zero attached hydrogens (tertiary/aromatic N) is 2. The summed E-state index contributed by atoms with van der Waals surface area (Å²) in [6.07, 6.45) is 1.53. The van der Waals surface area contributed by atoms with Crippen molar-refractivity contribution in [3.8, 4) is 0 Å². The second kappa shape index (κ2) is 8.56. The number of carbonyl (C=O) groups is 2. The van der Waals surface area contributed by atoms with Gasteiger partial charge in [-0.15, -0.1) is 11.8 Å². The monoisotopic (exact) mass is 348 g/mol. The average Bonchev–Trinajstić information content (AvgIpc) is 2.59. The van der Waals surface area contributed by atoms with E-state index in [2.05, 4.69) is 26.0 Å². The second-order valence-electron chi connectivity index (χ2n) is 6.93. The summed E-state index contributed by atoms with van der Waals surface area (Å²) < 4.78 is 0. The Morgan fingerprint density at radius 3 is 2.21 bits per heavy atom. The van der Waals surface area contributed by atoms with Crippen LogP contribution in [0.15, 0.2) is 35.2 Å². The van der Waals surface area contributed by atoms with E-state index in [-0.39, 0.29) is 28.9 Å². The molecule has 0 spiro atoms. The SMILES string of the molecule is CC(C)[C@H](Sc1ccccc1)C(=O)N1CCC(C(=O)N(C)C)CC1. The quantitative estimate of drug-likeness (QED) is 0.768. The average molecular weight is 349 g/mol. The number of amides is 2. The first-order valence-corrected chi connectivity index (χ1v) is 9.49. The first-order chi connectivity index (χ1) is 11.4. The van der Waals surface area contributed by atoms with Crippen molar-refractivity contribution in [3.05, 3.63) is 30.3 Å². The number of carbonyl (C=O) groups excluding carboxylic acids is 2. The highest BCUT2D eigenvalue weighted by atomic mass is 32.2. The summed E-state index contributed by atoms with van der Waals surface area (Å²) in [5, 5.41) is -0.0755. The molecule has 1 heterocycles. The highest BCUT2D eigenvalue weighted by Crippen LogP contribution is 2.31. The van der Waals surface area contributed by atoms with Gasteiger partial charge < -0.3 is 9.80 Å². The molecule has 1 aromatic carbocycles. The smallest absolute Gasteiger partial charge is 0.236 e. The lowest BCUT2D eigenvalue weighted by molar-refractivity contribution is -0.139. The van der Waals surface area contributed by atoms with Gasteiger partial charge in [0.15, 0.2) is 0 Å². The van der Waals surface area contributed by atoms with E-state index in [0.717, 1.165) is 17.7 Å². The van der Waals surface area contributed by atoms with Crippen LogP contribution in [0.1, 0.15) is 26.7 Å². The molecule has 24 heavy (non-hydrogen) atoms. The van der Waals surface area contributed by atoms with Crippen LogP contribution in [0.25, 0.3) is 0 Å². The predicted octanol–water partition coefficient (Wildman–Crippen LogP) is 3.13. The van der Waals surface area contributed by atoms with Gasteiger partial charge in [0.05, 0.1) is 5.25 Å². The van der Waals surface area contributed by atoms with Crippen molar-refractivity contribution in [1.29, 1.82) is 0 Å². The van der Waals surface area contributed by atoms with Gasteiger partial charge in [0, 0.05) is 38.0 Å². The topological polar surface area (TPSA) is 40.6 Å². The maximum Gasteiger partial charge on any atom is 0.236 e. The summed E-state index contributed by atoms with van der Waals surface area (Å²) in [6.45, 7) is 5.56. The van der Waals surface area contributed by atoms with Crippen LogP contribution in [0.4, 0.5) is 0 Å². The summed E-state index contributed by atoms with van der Waals surface area (Å²) in [5.41, 5.74) is 0. The summed E-state index contributed by atoms with van der Waals surface area (Å²) >= 11 is 1.64. The zero-order valence-electron chi connectivity index (χ0n) is 15.1. The molecule has 0 N–H and O–H groups in total. The minimum atomic E-state index is -0.0755. The van der Waals surface area contributed by atoms with Gasteiger partial charge in [-0.3, -0.25) is 9.59 Å². The number of benzene rings is 1. The van der Waals surface area contributed by atoms with Crippen molar-refractivity contribution in [1.82, 2.24) is 9.80 Å². The summed E-state index contributed by atoms with van der Waals surface area (Å²) in [6, 6.07) is 10.1. The Kier molecular flexibility index (Phi) is 6.72. The van der Waals surface area contributed by atoms with Gasteiger partial charge in [0.1, 0.15) is 0 Å². The molecule has 0 unspecified atom stereocenters. The van der Waals surface area contributed by atoms with E-state index in [4.69, 9.17) is 0 Å². The zero-order valence-corrected chi connectivity index (χ0v) is 15.9. The van der Waals surface area contributed by atoms with Gasteiger partial charge in [-0.25, -0.2) is 0 Å². The first-order valence-electron chi connectivity index (χ1n) is 8.61. The Labute approximate surface area is 149 Å². The van der Waals surface area contributed by atoms with Gasteiger partial charge in [0.25, 0.3) is 0 Å². The van der Waals surface area contributed by atoms with E-state index in [1.165, 1.54) is 0 Å². The number of hydrogen-bond acceptors (Lipinski definition) is 3. The van der Waals surface area contributed by atoms with Crippen molar-refractivity contribution in [3.63, 3.8) is 0 Å². The number of rotatable bonds is 5. The standard InChI is InChI=1S/C19H28N2O2S/c1-14(2)17(24-16-8-6-5-7-9-16)19(23)21-12-10-15(11-13-21)18(22)20(3)4/h5-9,14-15,17H,10-13H2,1-4H3/t17-/m0/s1. The van der Waals surface area contributed by atoms with Crippen LogP contribution < -0.4 is 0 Å². The minimum Gasteiger partial charge on any atom is -0.349 e. The molecule has 0 aromatic heterocycles. The van der Waals surface area contributed by atoms with Crippen molar-refractivity contribution in [2.75, 3.05) is 27.2 Å². The summed E-state index contributed by atoms with van der Waals surface area (Å²) in [7, 11) is 3.59. The molecule has 1 fully saturated rings. The van der Waals surface area contributed by atoms with Crippen molar-refractivity contribution < 1.29 is 9.59 Å². The van der Waals surface area contributed by atoms with E-state index in [0.29, 0.717) is 13.1 Å². The molecular formula is C19H28N2O2S. The molecule has 1 aliphatic rings. The Hall–Kier alpha value is -1.49. The molecule has 1 aromatic rings. The lowest BCUT2D eigenvalue weighted by atomic mass is 9.95. The summed E-state index contributed by atoms with van der Waals surface area (Å²) in [5.74, 6) is 0.711. The third-order valence-corrected chi connectivity index (χ3v) is 6.00. The van der Waals surface area contributed by atoms with E-state index < -0.39 is 0 Å². The largest absolute Gasteiger partial charge is 0.349 e. The van der Waals surface area contributed by atoms with Crippen LogP contribution in [0.5, 0.6) is 0 Å². The molecule has 132 valence electrons. The Morgan fingerprint density at radius 1 is 1.12 bits per heavy atom. The fourth-order valence-corrected chi connectivity index (χ4v) is 4.14. The van der Waals surface area contributed by atoms with Gasteiger partial charge in [0.2, 0.25) is 11.8 Å². The fourth-order valence-electron chi connectivity index (χ4n) is 3.01. The van der Waals surface area contributed by atoms with Gasteiger partial charge in [-0.1, -0.05) is 32.0 Å². The molecule has 0 radical (unpaired) electrons. The molecule has 1 atom stereocenters. The van der Waals surface area contributed by atoms with E-state index in [1.54, 1.807) is 30.8 Å². The van der Waals surface area contributed by atoms with Gasteiger partial charge >= 0.3 is 0 Å². The molecule has 2 rings (SSSR count). The number of hydrogen-bond donors (Lipinski definition) is 0. The maximum atomic E-state index is 13.0. The normalized spacial score (nSPS) is 17.0.